The lowest BCUT2D eigenvalue weighted by Crippen LogP contribution is -2.13. The summed E-state index contributed by atoms with van der Waals surface area (Å²) in [5.74, 6) is 1.49. The van der Waals surface area contributed by atoms with Crippen LogP contribution in [0.1, 0.15) is 38.3 Å². The Hall–Kier alpha value is -3.72. The summed E-state index contributed by atoms with van der Waals surface area (Å²) >= 11 is 1.45. The van der Waals surface area contributed by atoms with Gasteiger partial charge in [-0.05, 0) is 43.3 Å². The van der Waals surface area contributed by atoms with Gasteiger partial charge in [0.15, 0.2) is 11.6 Å². The van der Waals surface area contributed by atoms with E-state index in [-0.39, 0.29) is 11.7 Å². The molecule has 0 spiro atoms. The number of thioether (sulfide) groups is 1. The van der Waals surface area contributed by atoms with Crippen LogP contribution in [0.3, 0.4) is 0 Å². The SMILES string of the molecule is Cc1noc(CSc2ccccc2C(=O)Nc2ccc(C(=O)c3nccn3C)cc2)n1. The van der Waals surface area contributed by atoms with Gasteiger partial charge in [0.2, 0.25) is 11.7 Å². The fourth-order valence-electron chi connectivity index (χ4n) is 2.94. The minimum atomic E-state index is -0.243. The molecule has 1 amide bonds. The second-order valence-corrected chi connectivity index (χ2v) is 7.76. The molecule has 1 N–H and O–H groups in total. The number of carbonyl (C=O) groups is 2. The third-order valence-electron chi connectivity index (χ3n) is 4.48. The maximum absolute atomic E-state index is 12.8. The molecule has 2 aromatic carbocycles. The largest absolute Gasteiger partial charge is 0.338 e. The molecule has 0 aliphatic heterocycles. The van der Waals surface area contributed by atoms with E-state index >= 15 is 0 Å². The molecule has 0 saturated heterocycles. The first kappa shape index (κ1) is 20.5. The third kappa shape index (κ3) is 4.72. The molecule has 0 fully saturated rings. The molecule has 4 rings (SSSR count). The van der Waals surface area contributed by atoms with Gasteiger partial charge in [0.25, 0.3) is 5.91 Å². The van der Waals surface area contributed by atoms with Crippen LogP contribution in [-0.2, 0) is 12.8 Å². The van der Waals surface area contributed by atoms with Crippen molar-refractivity contribution in [3.05, 3.63) is 89.6 Å². The molecule has 0 unspecified atom stereocenters. The van der Waals surface area contributed by atoms with Gasteiger partial charge in [0.05, 0.1) is 11.3 Å². The molecule has 0 atom stereocenters. The van der Waals surface area contributed by atoms with E-state index in [9.17, 15) is 9.59 Å². The van der Waals surface area contributed by atoms with E-state index in [0.29, 0.717) is 40.1 Å². The number of nitrogens with one attached hydrogen (secondary N) is 1. The Morgan fingerprint density at radius 1 is 1.13 bits per heavy atom. The summed E-state index contributed by atoms with van der Waals surface area (Å²) in [5, 5.41) is 6.65. The van der Waals surface area contributed by atoms with Gasteiger partial charge in [-0.25, -0.2) is 4.98 Å². The van der Waals surface area contributed by atoms with Crippen LogP contribution in [0.25, 0.3) is 0 Å². The summed E-state index contributed by atoms with van der Waals surface area (Å²) in [7, 11) is 1.77. The van der Waals surface area contributed by atoms with E-state index in [1.807, 2.05) is 18.2 Å². The predicted molar refractivity (Wildman–Crippen MR) is 116 cm³/mol. The highest BCUT2D eigenvalue weighted by Crippen LogP contribution is 2.26. The molecule has 9 heteroatoms. The normalized spacial score (nSPS) is 10.8. The lowest BCUT2D eigenvalue weighted by molar-refractivity contribution is 0.101. The number of hydrogen-bond donors (Lipinski definition) is 1. The summed E-state index contributed by atoms with van der Waals surface area (Å²) < 4.78 is 6.80. The van der Waals surface area contributed by atoms with Gasteiger partial charge in [0.1, 0.15) is 0 Å². The molecule has 0 bridgehead atoms. The van der Waals surface area contributed by atoms with Crippen molar-refractivity contribution in [3.63, 3.8) is 0 Å². The second-order valence-electron chi connectivity index (χ2n) is 6.74. The second kappa shape index (κ2) is 8.97. The monoisotopic (exact) mass is 433 g/mol. The molecular weight excluding hydrogens is 414 g/mol. The lowest BCUT2D eigenvalue weighted by Gasteiger charge is -2.10. The maximum Gasteiger partial charge on any atom is 0.256 e. The zero-order chi connectivity index (χ0) is 21.8. The van der Waals surface area contributed by atoms with Gasteiger partial charge < -0.3 is 14.4 Å². The smallest absolute Gasteiger partial charge is 0.256 e. The molecule has 2 heterocycles. The number of aromatic nitrogens is 4. The highest BCUT2D eigenvalue weighted by atomic mass is 32.2. The van der Waals surface area contributed by atoms with Crippen LogP contribution in [0.5, 0.6) is 0 Å². The van der Waals surface area contributed by atoms with Gasteiger partial charge >= 0.3 is 0 Å². The van der Waals surface area contributed by atoms with E-state index < -0.39 is 0 Å². The predicted octanol–water partition coefficient (Wildman–Crippen LogP) is 3.89. The van der Waals surface area contributed by atoms with Crippen LogP contribution in [0.15, 0.2) is 70.3 Å². The van der Waals surface area contributed by atoms with Crippen LogP contribution in [0.2, 0.25) is 0 Å². The van der Waals surface area contributed by atoms with Gasteiger partial charge in [0, 0.05) is 35.6 Å². The highest BCUT2D eigenvalue weighted by Gasteiger charge is 2.15. The summed E-state index contributed by atoms with van der Waals surface area (Å²) in [4.78, 5) is 34.4. The molecule has 2 aromatic heterocycles. The topological polar surface area (TPSA) is 103 Å². The quantitative estimate of drug-likeness (QED) is 0.348. The van der Waals surface area contributed by atoms with Crippen LogP contribution in [0, 0.1) is 6.92 Å². The first-order valence-electron chi connectivity index (χ1n) is 9.45. The van der Waals surface area contributed by atoms with Crippen molar-refractivity contribution in [1.82, 2.24) is 19.7 Å². The molecule has 0 radical (unpaired) electrons. The number of aryl methyl sites for hydroxylation is 2. The minimum Gasteiger partial charge on any atom is -0.338 e. The number of nitrogens with zero attached hydrogens (tertiary/aromatic N) is 4. The van der Waals surface area contributed by atoms with Crippen molar-refractivity contribution >= 4 is 29.1 Å². The van der Waals surface area contributed by atoms with Crippen LogP contribution < -0.4 is 5.32 Å². The highest BCUT2D eigenvalue weighted by molar-refractivity contribution is 7.98. The molecular formula is C22H19N5O3S. The third-order valence-corrected chi connectivity index (χ3v) is 5.54. The van der Waals surface area contributed by atoms with Crippen molar-refractivity contribution in [2.75, 3.05) is 5.32 Å². The van der Waals surface area contributed by atoms with E-state index in [0.717, 1.165) is 4.90 Å². The number of imidazole rings is 1. The first-order valence-corrected chi connectivity index (χ1v) is 10.4. The van der Waals surface area contributed by atoms with Gasteiger partial charge in [-0.3, -0.25) is 9.59 Å². The van der Waals surface area contributed by atoms with Gasteiger partial charge in [-0.1, -0.05) is 17.3 Å². The molecule has 0 saturated carbocycles. The summed E-state index contributed by atoms with van der Waals surface area (Å²) in [5.41, 5.74) is 1.63. The summed E-state index contributed by atoms with van der Waals surface area (Å²) in [6.45, 7) is 1.76. The number of benzene rings is 2. The van der Waals surface area contributed by atoms with E-state index in [1.165, 1.54) is 11.8 Å². The maximum atomic E-state index is 12.8. The molecule has 0 aliphatic rings. The number of ketones is 1. The van der Waals surface area contributed by atoms with Crippen molar-refractivity contribution in [2.45, 2.75) is 17.6 Å². The molecule has 0 aliphatic carbocycles. The van der Waals surface area contributed by atoms with Crippen LogP contribution in [0.4, 0.5) is 5.69 Å². The standard InChI is InChI=1S/C22H19N5O3S/c1-14-24-19(30-26-14)13-31-18-6-4-3-5-17(18)22(29)25-16-9-7-15(8-10-16)20(28)21-23-11-12-27(21)2/h3-12H,13H2,1-2H3,(H,25,29). The zero-order valence-electron chi connectivity index (χ0n) is 16.9. The minimum absolute atomic E-state index is 0.177. The number of anilines is 1. The van der Waals surface area contributed by atoms with E-state index in [1.54, 1.807) is 61.3 Å². The Kier molecular flexibility index (Phi) is 5.94. The van der Waals surface area contributed by atoms with Gasteiger partial charge in [-0.15, -0.1) is 11.8 Å². The fourth-order valence-corrected chi connectivity index (χ4v) is 3.82. The summed E-state index contributed by atoms with van der Waals surface area (Å²) in [6.07, 6.45) is 3.30. The molecule has 156 valence electrons. The summed E-state index contributed by atoms with van der Waals surface area (Å²) in [6, 6.07) is 14.1. The first-order chi connectivity index (χ1) is 15.0. The van der Waals surface area contributed by atoms with Crippen molar-refractivity contribution in [1.29, 1.82) is 0 Å². The van der Waals surface area contributed by atoms with Crippen molar-refractivity contribution in [3.8, 4) is 0 Å². The van der Waals surface area contributed by atoms with Crippen molar-refractivity contribution in [2.24, 2.45) is 7.05 Å². The van der Waals surface area contributed by atoms with Crippen molar-refractivity contribution < 1.29 is 14.1 Å². The Balaban J connectivity index is 1.45. The average Bonchev–Trinajstić information content (AvgIpc) is 3.40. The Morgan fingerprint density at radius 2 is 1.90 bits per heavy atom. The fraction of sp³-hybridized carbons (Fsp3) is 0.136. The van der Waals surface area contributed by atoms with Crippen LogP contribution in [-0.4, -0.2) is 31.4 Å². The lowest BCUT2D eigenvalue weighted by atomic mass is 10.1. The average molecular weight is 433 g/mol. The Bertz CT molecular complexity index is 1230. The Morgan fingerprint density at radius 3 is 2.58 bits per heavy atom. The van der Waals surface area contributed by atoms with E-state index in [2.05, 4.69) is 20.4 Å². The number of rotatable bonds is 7. The zero-order valence-corrected chi connectivity index (χ0v) is 17.7. The molecule has 8 nitrogen and oxygen atoms in total. The number of amides is 1. The molecule has 4 aromatic rings. The number of carbonyl (C=O) groups excluding carboxylic acids is 2. The van der Waals surface area contributed by atoms with E-state index in [4.69, 9.17) is 4.52 Å². The Labute approximate surface area is 182 Å². The van der Waals surface area contributed by atoms with Gasteiger partial charge in [-0.2, -0.15) is 4.98 Å². The molecule has 31 heavy (non-hydrogen) atoms. The number of hydrogen-bond acceptors (Lipinski definition) is 7. The van der Waals surface area contributed by atoms with Crippen LogP contribution >= 0.6 is 11.8 Å².